The Labute approximate surface area is 116 Å². The van der Waals surface area contributed by atoms with Gasteiger partial charge in [-0.25, -0.2) is 4.79 Å². The molecule has 1 aromatic heterocycles. The lowest BCUT2D eigenvalue weighted by atomic mass is 10.2. The van der Waals surface area contributed by atoms with Crippen LogP contribution in [0.25, 0.3) is 0 Å². The Bertz CT molecular complexity index is 651. The van der Waals surface area contributed by atoms with Crippen LogP contribution in [0.1, 0.15) is 16.1 Å². The Morgan fingerprint density at radius 3 is 2.74 bits per heavy atom. The van der Waals surface area contributed by atoms with Gasteiger partial charge in [-0.2, -0.15) is 0 Å². The molecule has 0 atom stereocenters. The van der Waals surface area contributed by atoms with Crippen molar-refractivity contribution in [2.75, 3.05) is 0 Å². The number of halogens is 1. The minimum absolute atomic E-state index is 0.105. The lowest BCUT2D eigenvalue weighted by Gasteiger charge is -2.06. The molecule has 7 heteroatoms. The molecule has 1 aromatic carbocycles. The first kappa shape index (κ1) is 13.3. The van der Waals surface area contributed by atoms with Crippen LogP contribution >= 0.6 is 15.9 Å². The van der Waals surface area contributed by atoms with Crippen molar-refractivity contribution in [3.63, 3.8) is 0 Å². The largest absolute Gasteiger partial charge is 0.477 e. The monoisotopic (exact) mass is 324 g/mol. The molecule has 0 saturated heterocycles. The molecule has 0 aliphatic rings. The molecule has 0 spiro atoms. The number of carbonyl (C=O) groups is 1. The zero-order valence-corrected chi connectivity index (χ0v) is 11.2. The van der Waals surface area contributed by atoms with Gasteiger partial charge >= 0.3 is 5.97 Å². The smallest absolute Gasteiger partial charge is 0.352 e. The molecule has 2 rings (SSSR count). The summed E-state index contributed by atoms with van der Waals surface area (Å²) in [4.78, 5) is 21.1. The van der Waals surface area contributed by atoms with Gasteiger partial charge in [0, 0.05) is 17.1 Å². The zero-order chi connectivity index (χ0) is 14.0. The molecular weight excluding hydrogens is 316 g/mol. The van der Waals surface area contributed by atoms with Gasteiger partial charge in [-0.15, -0.1) is 0 Å². The number of carboxylic acid groups (broad SMARTS) is 1. The molecule has 0 aliphatic carbocycles. The van der Waals surface area contributed by atoms with Crippen LogP contribution in [0.2, 0.25) is 0 Å². The Morgan fingerprint density at radius 2 is 2.16 bits per heavy atom. The number of nitrogens with zero attached hydrogens (tertiary/aromatic N) is 2. The van der Waals surface area contributed by atoms with E-state index in [0.717, 1.165) is 16.1 Å². The summed E-state index contributed by atoms with van der Waals surface area (Å²) in [5.41, 5.74) is 0.515. The van der Waals surface area contributed by atoms with Crippen molar-refractivity contribution in [1.29, 1.82) is 0 Å². The second-order valence-corrected chi connectivity index (χ2v) is 4.82. The highest BCUT2D eigenvalue weighted by Crippen LogP contribution is 2.19. The van der Waals surface area contributed by atoms with Gasteiger partial charge in [-0.3, -0.25) is 10.1 Å². The van der Waals surface area contributed by atoms with E-state index in [2.05, 4.69) is 15.9 Å². The third-order valence-electron chi connectivity index (χ3n) is 2.55. The average molecular weight is 325 g/mol. The fourth-order valence-electron chi connectivity index (χ4n) is 1.74. The second kappa shape index (κ2) is 5.23. The lowest BCUT2D eigenvalue weighted by molar-refractivity contribution is -0.384. The van der Waals surface area contributed by atoms with E-state index in [1.807, 2.05) is 24.3 Å². The molecule has 2 aromatic rings. The first-order valence-electron chi connectivity index (χ1n) is 5.29. The van der Waals surface area contributed by atoms with Crippen molar-refractivity contribution in [3.05, 3.63) is 62.4 Å². The van der Waals surface area contributed by atoms with Crippen molar-refractivity contribution in [2.24, 2.45) is 0 Å². The van der Waals surface area contributed by atoms with E-state index in [1.54, 1.807) is 0 Å². The first-order chi connectivity index (χ1) is 8.97. The minimum Gasteiger partial charge on any atom is -0.477 e. The molecular formula is C12H9BrN2O4. The maximum absolute atomic E-state index is 11.1. The summed E-state index contributed by atoms with van der Waals surface area (Å²) in [6.07, 6.45) is 1.23. The van der Waals surface area contributed by atoms with E-state index >= 15 is 0 Å². The van der Waals surface area contributed by atoms with Crippen LogP contribution in [-0.2, 0) is 6.54 Å². The molecule has 0 saturated carbocycles. The summed E-state index contributed by atoms with van der Waals surface area (Å²) in [5, 5.41) is 19.7. The summed E-state index contributed by atoms with van der Waals surface area (Å²) in [6, 6.07) is 8.37. The van der Waals surface area contributed by atoms with Crippen molar-refractivity contribution in [1.82, 2.24) is 4.57 Å². The van der Waals surface area contributed by atoms with Gasteiger partial charge < -0.3 is 9.67 Å². The first-order valence-corrected chi connectivity index (χ1v) is 6.09. The van der Waals surface area contributed by atoms with E-state index in [9.17, 15) is 14.9 Å². The molecule has 0 radical (unpaired) electrons. The van der Waals surface area contributed by atoms with E-state index in [-0.39, 0.29) is 17.9 Å². The number of aromatic nitrogens is 1. The zero-order valence-electron chi connectivity index (χ0n) is 9.62. The third-order valence-corrected chi connectivity index (χ3v) is 3.05. The van der Waals surface area contributed by atoms with E-state index in [1.165, 1.54) is 10.8 Å². The van der Waals surface area contributed by atoms with Gasteiger partial charge in [0.2, 0.25) is 0 Å². The number of rotatable bonds is 4. The van der Waals surface area contributed by atoms with Crippen LogP contribution in [0.4, 0.5) is 5.69 Å². The van der Waals surface area contributed by atoms with Crippen LogP contribution in [0.5, 0.6) is 0 Å². The molecule has 0 bridgehead atoms. The standard InChI is InChI=1S/C12H9BrN2O4/c13-9-3-1-2-8(4-9)6-14-7-10(15(18)19)5-11(14)12(16)17/h1-5,7H,6H2,(H,16,17). The Morgan fingerprint density at radius 1 is 1.42 bits per heavy atom. The number of hydrogen-bond acceptors (Lipinski definition) is 3. The highest BCUT2D eigenvalue weighted by Gasteiger charge is 2.18. The van der Waals surface area contributed by atoms with Gasteiger partial charge in [0.05, 0.1) is 11.1 Å². The molecule has 6 nitrogen and oxygen atoms in total. The van der Waals surface area contributed by atoms with E-state index in [4.69, 9.17) is 5.11 Å². The quantitative estimate of drug-likeness (QED) is 0.692. The van der Waals surface area contributed by atoms with Gasteiger partial charge in [0.25, 0.3) is 5.69 Å². The highest BCUT2D eigenvalue weighted by atomic mass is 79.9. The summed E-state index contributed by atoms with van der Waals surface area (Å²) in [6.45, 7) is 0.259. The van der Waals surface area contributed by atoms with Crippen molar-refractivity contribution < 1.29 is 14.8 Å². The van der Waals surface area contributed by atoms with Crippen LogP contribution < -0.4 is 0 Å². The van der Waals surface area contributed by atoms with E-state index in [0.29, 0.717) is 0 Å². The van der Waals surface area contributed by atoms with Gasteiger partial charge in [0.15, 0.2) is 0 Å². The molecule has 19 heavy (non-hydrogen) atoms. The Kier molecular flexibility index (Phi) is 3.66. The predicted octanol–water partition coefficient (Wildman–Crippen LogP) is 2.91. The predicted molar refractivity (Wildman–Crippen MR) is 71.3 cm³/mol. The van der Waals surface area contributed by atoms with Gasteiger partial charge in [-0.05, 0) is 17.7 Å². The van der Waals surface area contributed by atoms with Crippen molar-refractivity contribution in [2.45, 2.75) is 6.54 Å². The number of hydrogen-bond donors (Lipinski definition) is 1. The molecule has 0 aliphatic heterocycles. The topological polar surface area (TPSA) is 85.4 Å². The van der Waals surface area contributed by atoms with Gasteiger partial charge in [-0.1, -0.05) is 28.1 Å². The fraction of sp³-hybridized carbons (Fsp3) is 0.0833. The van der Waals surface area contributed by atoms with Crippen LogP contribution in [-0.4, -0.2) is 20.6 Å². The fourth-order valence-corrected chi connectivity index (χ4v) is 2.18. The molecule has 98 valence electrons. The Hall–Kier alpha value is -2.15. The summed E-state index contributed by atoms with van der Waals surface area (Å²) in [5.74, 6) is -1.19. The summed E-state index contributed by atoms with van der Waals surface area (Å²) < 4.78 is 2.21. The SMILES string of the molecule is O=C(O)c1cc([N+](=O)[O-])cn1Cc1cccc(Br)c1. The van der Waals surface area contributed by atoms with Crippen LogP contribution in [0.15, 0.2) is 41.0 Å². The molecule has 1 heterocycles. The lowest BCUT2D eigenvalue weighted by Crippen LogP contribution is -2.08. The van der Waals surface area contributed by atoms with E-state index < -0.39 is 10.9 Å². The number of aromatic carboxylic acids is 1. The van der Waals surface area contributed by atoms with Crippen LogP contribution in [0.3, 0.4) is 0 Å². The molecule has 1 N–H and O–H groups in total. The Balaban J connectivity index is 2.38. The van der Waals surface area contributed by atoms with Gasteiger partial charge in [0.1, 0.15) is 5.69 Å². The number of benzene rings is 1. The molecule has 0 fully saturated rings. The second-order valence-electron chi connectivity index (χ2n) is 3.90. The average Bonchev–Trinajstić information content (AvgIpc) is 2.73. The number of carboxylic acids is 1. The summed E-state index contributed by atoms with van der Waals surface area (Å²) in [7, 11) is 0. The molecule has 0 unspecified atom stereocenters. The highest BCUT2D eigenvalue weighted by molar-refractivity contribution is 9.10. The summed E-state index contributed by atoms with van der Waals surface area (Å²) >= 11 is 3.32. The normalized spacial score (nSPS) is 10.4. The third kappa shape index (κ3) is 3.00. The van der Waals surface area contributed by atoms with Crippen molar-refractivity contribution in [3.8, 4) is 0 Å². The van der Waals surface area contributed by atoms with Crippen LogP contribution in [0, 0.1) is 10.1 Å². The molecule has 0 amide bonds. The number of nitro groups is 1. The maximum atomic E-state index is 11.1. The maximum Gasteiger partial charge on any atom is 0.352 e. The minimum atomic E-state index is -1.19. The van der Waals surface area contributed by atoms with Crippen molar-refractivity contribution >= 4 is 27.6 Å².